The van der Waals surface area contributed by atoms with E-state index in [1.165, 1.54) is 0 Å². The molecule has 0 radical (unpaired) electrons. The van der Waals surface area contributed by atoms with Crippen molar-refractivity contribution in [1.29, 1.82) is 5.26 Å². The molecule has 2 saturated heterocycles. The van der Waals surface area contributed by atoms with Crippen molar-refractivity contribution in [1.82, 2.24) is 9.97 Å². The summed E-state index contributed by atoms with van der Waals surface area (Å²) in [5.41, 5.74) is 15.1. The lowest BCUT2D eigenvalue weighted by Crippen LogP contribution is -2.66. The van der Waals surface area contributed by atoms with Gasteiger partial charge in [-0.25, -0.2) is 9.97 Å². The number of rotatable bonds is 4. The van der Waals surface area contributed by atoms with Gasteiger partial charge in [0.15, 0.2) is 0 Å². The highest BCUT2D eigenvalue weighted by atomic mass is 16.5. The van der Waals surface area contributed by atoms with Crippen LogP contribution in [-0.4, -0.2) is 36.3 Å². The van der Waals surface area contributed by atoms with Crippen LogP contribution in [0.1, 0.15) is 22.5 Å². The van der Waals surface area contributed by atoms with Gasteiger partial charge in [0.25, 0.3) is 0 Å². The summed E-state index contributed by atoms with van der Waals surface area (Å²) < 4.78 is 5.31. The molecular formula is C18H19N7O2. The number of ether oxygens (including phenoxy) is 1. The van der Waals surface area contributed by atoms with E-state index >= 15 is 0 Å². The van der Waals surface area contributed by atoms with E-state index in [-0.39, 0.29) is 16.9 Å². The van der Waals surface area contributed by atoms with E-state index in [4.69, 9.17) is 21.2 Å². The molecule has 2 aliphatic rings. The third kappa shape index (κ3) is 2.74. The Kier molecular flexibility index (Phi) is 3.93. The molecule has 0 aromatic carbocycles. The van der Waals surface area contributed by atoms with Crippen LogP contribution in [0.3, 0.4) is 0 Å². The Morgan fingerprint density at radius 1 is 1.30 bits per heavy atom. The van der Waals surface area contributed by atoms with Gasteiger partial charge in [-0.2, -0.15) is 5.26 Å². The van der Waals surface area contributed by atoms with Crippen LogP contribution < -0.4 is 16.4 Å². The predicted octanol–water partition coefficient (Wildman–Crippen LogP) is 1.65. The lowest BCUT2D eigenvalue weighted by atomic mass is 9.78. The molecule has 2 aromatic rings. The first-order chi connectivity index (χ1) is 13.0. The van der Waals surface area contributed by atoms with Gasteiger partial charge in [-0.05, 0) is 24.2 Å². The summed E-state index contributed by atoms with van der Waals surface area (Å²) in [5, 5.41) is 12.2. The van der Waals surface area contributed by atoms with E-state index in [0.29, 0.717) is 34.7 Å². The first kappa shape index (κ1) is 17.2. The molecule has 9 nitrogen and oxygen atoms in total. The van der Waals surface area contributed by atoms with Gasteiger partial charge in [0.2, 0.25) is 5.82 Å². The molecule has 0 bridgehead atoms. The molecule has 9 heteroatoms. The van der Waals surface area contributed by atoms with Crippen LogP contribution in [0.25, 0.3) is 0 Å². The van der Waals surface area contributed by atoms with Crippen LogP contribution in [0.4, 0.5) is 23.0 Å². The Morgan fingerprint density at radius 3 is 2.63 bits per heavy atom. The second-order valence-corrected chi connectivity index (χ2v) is 7.23. The maximum atomic E-state index is 10.8. The van der Waals surface area contributed by atoms with Gasteiger partial charge >= 0.3 is 0 Å². The van der Waals surface area contributed by atoms with Crippen LogP contribution in [0.2, 0.25) is 0 Å². The number of nitrogen functional groups attached to an aromatic ring is 2. The number of aryl methyl sites for hydroxylation is 1. The number of pyridine rings is 2. The smallest absolute Gasteiger partial charge is 0.222 e. The Bertz CT molecular complexity index is 971. The minimum Gasteiger partial charge on any atom is -0.397 e. The topological polar surface area (TPSA) is 144 Å². The summed E-state index contributed by atoms with van der Waals surface area (Å²) in [6.45, 7) is 4.97. The average Bonchev–Trinajstić information content (AvgIpc) is 2.59. The first-order valence-electron chi connectivity index (χ1n) is 8.57. The van der Waals surface area contributed by atoms with E-state index < -0.39 is 0 Å². The van der Waals surface area contributed by atoms with Crippen molar-refractivity contribution in [3.8, 4) is 6.07 Å². The molecule has 2 fully saturated rings. The Hall–Kier alpha value is -3.25. The van der Waals surface area contributed by atoms with Gasteiger partial charge in [-0.3, -0.25) is 0 Å². The van der Waals surface area contributed by atoms with Crippen molar-refractivity contribution in [3.63, 3.8) is 0 Å². The quantitative estimate of drug-likeness (QED) is 0.778. The highest BCUT2D eigenvalue weighted by molar-refractivity contribution is 5.77. The molecule has 0 aliphatic carbocycles. The number of hydrogen-bond donors (Lipinski definition) is 2. The molecule has 4 heterocycles. The summed E-state index contributed by atoms with van der Waals surface area (Å²) >= 11 is 0. The van der Waals surface area contributed by atoms with Gasteiger partial charge in [-0.1, -0.05) is 0 Å². The van der Waals surface area contributed by atoms with Gasteiger partial charge in [-0.15, -0.1) is 4.91 Å². The van der Waals surface area contributed by atoms with Crippen LogP contribution in [0, 0.1) is 28.6 Å². The summed E-state index contributed by atoms with van der Waals surface area (Å²) in [6, 6.07) is 5.77. The number of nitroso groups, excluding NO2 is 1. The van der Waals surface area contributed by atoms with E-state index in [1.807, 2.05) is 0 Å². The van der Waals surface area contributed by atoms with Crippen molar-refractivity contribution in [2.75, 3.05) is 42.7 Å². The fourth-order valence-electron chi connectivity index (χ4n) is 3.64. The Labute approximate surface area is 155 Å². The van der Waals surface area contributed by atoms with Crippen molar-refractivity contribution in [2.45, 2.75) is 13.3 Å². The second-order valence-electron chi connectivity index (χ2n) is 7.23. The summed E-state index contributed by atoms with van der Waals surface area (Å²) in [5.74, 6) is 0.576. The van der Waals surface area contributed by atoms with Gasteiger partial charge < -0.3 is 21.1 Å². The molecular weight excluding hydrogens is 346 g/mol. The second kappa shape index (κ2) is 6.17. The number of aromatic nitrogens is 2. The minimum absolute atomic E-state index is 0.0779. The zero-order valence-electron chi connectivity index (χ0n) is 14.9. The van der Waals surface area contributed by atoms with E-state index in [2.05, 4.69) is 21.1 Å². The zero-order chi connectivity index (χ0) is 19.2. The number of anilines is 3. The third-order valence-electron chi connectivity index (χ3n) is 5.23. The molecule has 4 N–H and O–H groups in total. The number of nitriles is 1. The highest BCUT2D eigenvalue weighted by Crippen LogP contribution is 2.40. The first-order valence-corrected chi connectivity index (χ1v) is 8.57. The predicted molar refractivity (Wildman–Crippen MR) is 100 cm³/mol. The molecule has 2 aliphatic heterocycles. The van der Waals surface area contributed by atoms with Gasteiger partial charge in [0, 0.05) is 36.5 Å². The van der Waals surface area contributed by atoms with Crippen LogP contribution in [0.5, 0.6) is 0 Å². The van der Waals surface area contributed by atoms with Crippen LogP contribution >= 0.6 is 0 Å². The SMILES string of the molecule is Cc1nc(N=O)c(N)c(N)c1Cc1ccc(C#N)c(N2CC3(COC3)C2)n1. The summed E-state index contributed by atoms with van der Waals surface area (Å²) in [6.07, 6.45) is 0.398. The fraction of sp³-hybridized carbons (Fsp3) is 0.389. The normalized spacial score (nSPS) is 17.1. The molecule has 0 unspecified atom stereocenters. The third-order valence-corrected chi connectivity index (χ3v) is 5.23. The van der Waals surface area contributed by atoms with Crippen molar-refractivity contribution in [3.05, 3.63) is 39.6 Å². The Morgan fingerprint density at radius 2 is 2.04 bits per heavy atom. The van der Waals surface area contributed by atoms with Crippen molar-refractivity contribution >= 4 is 23.0 Å². The monoisotopic (exact) mass is 365 g/mol. The molecule has 0 atom stereocenters. The molecule has 138 valence electrons. The minimum atomic E-state index is -0.101. The molecule has 0 saturated carbocycles. The lowest BCUT2D eigenvalue weighted by Gasteiger charge is -2.55. The van der Waals surface area contributed by atoms with Crippen molar-refractivity contribution in [2.24, 2.45) is 10.6 Å². The largest absolute Gasteiger partial charge is 0.397 e. The summed E-state index contributed by atoms with van der Waals surface area (Å²) in [4.78, 5) is 21.7. The van der Waals surface area contributed by atoms with Crippen LogP contribution in [-0.2, 0) is 11.2 Å². The van der Waals surface area contributed by atoms with Crippen molar-refractivity contribution < 1.29 is 4.74 Å². The average molecular weight is 365 g/mol. The molecule has 0 amide bonds. The highest BCUT2D eigenvalue weighted by Gasteiger charge is 2.49. The van der Waals surface area contributed by atoms with E-state index in [0.717, 1.165) is 32.0 Å². The number of nitrogens with zero attached hydrogens (tertiary/aromatic N) is 5. The maximum absolute atomic E-state index is 10.8. The van der Waals surface area contributed by atoms with E-state index in [9.17, 15) is 10.2 Å². The molecule has 27 heavy (non-hydrogen) atoms. The zero-order valence-corrected chi connectivity index (χ0v) is 14.9. The van der Waals surface area contributed by atoms with E-state index in [1.54, 1.807) is 19.1 Å². The number of nitrogens with two attached hydrogens (primary N) is 2. The van der Waals surface area contributed by atoms with Gasteiger partial charge in [0.1, 0.15) is 17.6 Å². The van der Waals surface area contributed by atoms with Gasteiger partial charge in [0.05, 0.1) is 29.9 Å². The van der Waals surface area contributed by atoms with Crippen LogP contribution in [0.15, 0.2) is 17.3 Å². The summed E-state index contributed by atoms with van der Waals surface area (Å²) in [7, 11) is 0. The standard InChI is InChI=1S/C18H19N7O2/c1-10-13(14(20)15(21)16(22-10)24-26)4-12-3-2-11(5-19)17(23-12)25-6-18(7-25)8-27-9-18/h2-3H,4,6-9,21H2,1H3,(H2,20,22). The molecule has 2 aromatic heterocycles. The maximum Gasteiger partial charge on any atom is 0.222 e. The lowest BCUT2D eigenvalue weighted by molar-refractivity contribution is -0.127. The molecule has 1 spiro atoms. The molecule has 4 rings (SSSR count). The Balaban J connectivity index is 1.64. The number of hydrogen-bond acceptors (Lipinski definition) is 9. The fourth-order valence-corrected chi connectivity index (χ4v) is 3.64.